The topological polar surface area (TPSA) is 68.8 Å². The van der Waals surface area contributed by atoms with E-state index in [4.69, 9.17) is 14.2 Å². The third kappa shape index (κ3) is 5.53. The molecule has 2 atom stereocenters. The fourth-order valence-electron chi connectivity index (χ4n) is 4.09. The van der Waals surface area contributed by atoms with E-state index in [1.807, 2.05) is 26.8 Å². The zero-order chi connectivity index (χ0) is 20.1. The Labute approximate surface area is 168 Å². The standard InChI is InChI=1S/C22H34N2O4/c1-22(2,3)28-21(25)24-14-18-17(11-12-23-18)15-9-10-19(26-4)20(13-15)27-16-7-5-6-8-16/h9-10,13,16-18,23H,5-8,11-12,14H2,1-4H3,(H,24,25)/t17-,18-/m0/s1. The number of carbonyl (C=O) groups excluding carboxylic acids is 1. The number of hydrogen-bond donors (Lipinski definition) is 2. The van der Waals surface area contributed by atoms with Crippen molar-refractivity contribution in [1.82, 2.24) is 10.6 Å². The summed E-state index contributed by atoms with van der Waals surface area (Å²) < 4.78 is 17.1. The Hall–Kier alpha value is -1.95. The molecule has 1 amide bonds. The number of benzene rings is 1. The molecule has 3 rings (SSSR count). The summed E-state index contributed by atoms with van der Waals surface area (Å²) in [6, 6.07) is 6.39. The molecule has 2 fully saturated rings. The minimum atomic E-state index is -0.491. The lowest BCUT2D eigenvalue weighted by Crippen LogP contribution is -2.41. The number of amides is 1. The highest BCUT2D eigenvalue weighted by atomic mass is 16.6. The molecule has 1 saturated heterocycles. The van der Waals surface area contributed by atoms with Gasteiger partial charge in [0.25, 0.3) is 0 Å². The van der Waals surface area contributed by atoms with E-state index in [-0.39, 0.29) is 18.2 Å². The molecule has 28 heavy (non-hydrogen) atoms. The van der Waals surface area contributed by atoms with Gasteiger partial charge in [-0.25, -0.2) is 4.79 Å². The molecule has 156 valence electrons. The van der Waals surface area contributed by atoms with Crippen LogP contribution in [-0.4, -0.2) is 44.0 Å². The highest BCUT2D eigenvalue weighted by molar-refractivity contribution is 5.67. The lowest BCUT2D eigenvalue weighted by atomic mass is 9.91. The van der Waals surface area contributed by atoms with Crippen LogP contribution in [-0.2, 0) is 4.74 Å². The van der Waals surface area contributed by atoms with Crippen molar-refractivity contribution in [2.24, 2.45) is 0 Å². The summed E-state index contributed by atoms with van der Waals surface area (Å²) in [6.07, 6.45) is 5.63. The molecule has 1 aliphatic carbocycles. The molecular formula is C22H34N2O4. The van der Waals surface area contributed by atoms with E-state index >= 15 is 0 Å². The molecule has 1 heterocycles. The molecule has 0 unspecified atom stereocenters. The predicted molar refractivity (Wildman–Crippen MR) is 109 cm³/mol. The fraction of sp³-hybridized carbons (Fsp3) is 0.682. The second-order valence-electron chi connectivity index (χ2n) is 8.77. The number of nitrogens with one attached hydrogen (secondary N) is 2. The van der Waals surface area contributed by atoms with Crippen LogP contribution in [0.15, 0.2) is 18.2 Å². The Morgan fingerprint density at radius 1 is 1.18 bits per heavy atom. The number of carbonyl (C=O) groups is 1. The van der Waals surface area contributed by atoms with Gasteiger partial charge in [-0.05, 0) is 77.1 Å². The van der Waals surface area contributed by atoms with Crippen LogP contribution in [0.3, 0.4) is 0 Å². The fourth-order valence-corrected chi connectivity index (χ4v) is 4.09. The van der Waals surface area contributed by atoms with E-state index in [0.717, 1.165) is 37.3 Å². The first-order valence-corrected chi connectivity index (χ1v) is 10.4. The highest BCUT2D eigenvalue weighted by Crippen LogP contribution is 2.37. The molecule has 1 aromatic rings. The van der Waals surface area contributed by atoms with Crippen LogP contribution in [0.25, 0.3) is 0 Å². The molecule has 6 heteroatoms. The van der Waals surface area contributed by atoms with Gasteiger partial charge < -0.3 is 24.8 Å². The Morgan fingerprint density at radius 3 is 2.61 bits per heavy atom. The average molecular weight is 391 g/mol. The van der Waals surface area contributed by atoms with Crippen molar-refractivity contribution in [3.63, 3.8) is 0 Å². The lowest BCUT2D eigenvalue weighted by molar-refractivity contribution is 0.0522. The zero-order valence-corrected chi connectivity index (χ0v) is 17.5. The maximum Gasteiger partial charge on any atom is 0.407 e. The normalized spacial score (nSPS) is 22.9. The number of methoxy groups -OCH3 is 1. The van der Waals surface area contributed by atoms with Crippen LogP contribution < -0.4 is 20.1 Å². The van der Waals surface area contributed by atoms with Crippen LogP contribution in [0, 0.1) is 0 Å². The van der Waals surface area contributed by atoms with E-state index in [1.165, 1.54) is 18.4 Å². The zero-order valence-electron chi connectivity index (χ0n) is 17.5. The van der Waals surface area contributed by atoms with E-state index in [1.54, 1.807) is 7.11 Å². The van der Waals surface area contributed by atoms with Gasteiger partial charge in [0.2, 0.25) is 0 Å². The van der Waals surface area contributed by atoms with Crippen LogP contribution in [0.1, 0.15) is 64.4 Å². The number of rotatable bonds is 6. The summed E-state index contributed by atoms with van der Waals surface area (Å²) in [6.45, 7) is 7.06. The summed E-state index contributed by atoms with van der Waals surface area (Å²) in [4.78, 5) is 12.0. The first-order chi connectivity index (χ1) is 13.4. The van der Waals surface area contributed by atoms with Gasteiger partial charge >= 0.3 is 6.09 Å². The summed E-state index contributed by atoms with van der Waals surface area (Å²) in [7, 11) is 1.68. The second kappa shape index (κ2) is 9.03. The predicted octanol–water partition coefficient (Wildman–Crippen LogP) is 3.99. The number of alkyl carbamates (subject to hydrolysis) is 1. The molecule has 0 aromatic heterocycles. The monoisotopic (exact) mass is 390 g/mol. The Bertz CT molecular complexity index is 665. The quantitative estimate of drug-likeness (QED) is 0.769. The minimum Gasteiger partial charge on any atom is -0.493 e. The van der Waals surface area contributed by atoms with Crippen molar-refractivity contribution in [3.8, 4) is 11.5 Å². The minimum absolute atomic E-state index is 0.167. The average Bonchev–Trinajstić information content (AvgIpc) is 3.30. The van der Waals surface area contributed by atoms with Crippen molar-refractivity contribution >= 4 is 6.09 Å². The molecule has 0 radical (unpaired) electrons. The molecule has 2 aliphatic rings. The SMILES string of the molecule is COc1ccc([C@@H]2CCN[C@H]2CNC(=O)OC(C)(C)C)cc1OC1CCCC1. The molecule has 1 aromatic carbocycles. The largest absolute Gasteiger partial charge is 0.493 e. The van der Waals surface area contributed by atoms with Gasteiger partial charge in [0, 0.05) is 18.5 Å². The van der Waals surface area contributed by atoms with Crippen molar-refractivity contribution < 1.29 is 19.0 Å². The molecule has 2 N–H and O–H groups in total. The van der Waals surface area contributed by atoms with Crippen molar-refractivity contribution in [3.05, 3.63) is 23.8 Å². The van der Waals surface area contributed by atoms with Gasteiger partial charge in [-0.3, -0.25) is 0 Å². The van der Waals surface area contributed by atoms with E-state index < -0.39 is 5.60 Å². The van der Waals surface area contributed by atoms with E-state index in [9.17, 15) is 4.79 Å². The second-order valence-corrected chi connectivity index (χ2v) is 8.77. The van der Waals surface area contributed by atoms with Crippen molar-refractivity contribution in [1.29, 1.82) is 0 Å². The smallest absolute Gasteiger partial charge is 0.407 e. The Morgan fingerprint density at radius 2 is 1.93 bits per heavy atom. The van der Waals surface area contributed by atoms with Crippen LogP contribution in [0.5, 0.6) is 11.5 Å². The first kappa shape index (κ1) is 20.8. The maximum absolute atomic E-state index is 12.0. The van der Waals surface area contributed by atoms with Crippen LogP contribution >= 0.6 is 0 Å². The lowest BCUT2D eigenvalue weighted by Gasteiger charge is -2.24. The summed E-state index contributed by atoms with van der Waals surface area (Å²) in [5.41, 5.74) is 0.726. The van der Waals surface area contributed by atoms with Crippen molar-refractivity contribution in [2.45, 2.75) is 76.5 Å². The van der Waals surface area contributed by atoms with Crippen LogP contribution in [0.2, 0.25) is 0 Å². The maximum atomic E-state index is 12.0. The van der Waals surface area contributed by atoms with Gasteiger partial charge in [0.05, 0.1) is 13.2 Å². The van der Waals surface area contributed by atoms with E-state index in [2.05, 4.69) is 22.8 Å². The molecule has 6 nitrogen and oxygen atoms in total. The molecule has 0 bridgehead atoms. The summed E-state index contributed by atoms with van der Waals surface area (Å²) in [5, 5.41) is 6.40. The Balaban J connectivity index is 1.66. The van der Waals surface area contributed by atoms with Crippen molar-refractivity contribution in [2.75, 3.05) is 20.2 Å². The third-order valence-electron chi connectivity index (χ3n) is 5.42. The molecule has 1 aliphatic heterocycles. The van der Waals surface area contributed by atoms with Gasteiger partial charge in [-0.1, -0.05) is 6.07 Å². The first-order valence-electron chi connectivity index (χ1n) is 10.4. The molecular weight excluding hydrogens is 356 g/mol. The molecule has 0 spiro atoms. The number of ether oxygens (including phenoxy) is 3. The van der Waals surface area contributed by atoms with Crippen LogP contribution in [0.4, 0.5) is 4.79 Å². The summed E-state index contributed by atoms with van der Waals surface area (Å²) in [5.74, 6) is 1.93. The van der Waals surface area contributed by atoms with Gasteiger partial charge in [-0.15, -0.1) is 0 Å². The van der Waals surface area contributed by atoms with Gasteiger partial charge in [0.1, 0.15) is 5.60 Å². The Kier molecular flexibility index (Phi) is 6.70. The van der Waals surface area contributed by atoms with Gasteiger partial charge in [-0.2, -0.15) is 0 Å². The highest BCUT2D eigenvalue weighted by Gasteiger charge is 2.30. The van der Waals surface area contributed by atoms with Gasteiger partial charge in [0.15, 0.2) is 11.5 Å². The van der Waals surface area contributed by atoms with E-state index in [0.29, 0.717) is 12.5 Å². The molecule has 1 saturated carbocycles. The number of hydrogen-bond acceptors (Lipinski definition) is 5. The summed E-state index contributed by atoms with van der Waals surface area (Å²) >= 11 is 0. The third-order valence-corrected chi connectivity index (χ3v) is 5.42.